The van der Waals surface area contributed by atoms with Crippen LogP contribution in [0, 0.1) is 6.92 Å². The Morgan fingerprint density at radius 1 is 1.19 bits per heavy atom. The molecule has 0 aliphatic heterocycles. The Balaban J connectivity index is 2.27. The molecule has 0 atom stereocenters. The number of aromatic nitrogens is 4. The van der Waals surface area contributed by atoms with Crippen molar-refractivity contribution in [3.63, 3.8) is 0 Å². The molecule has 0 aliphatic rings. The molecule has 0 aliphatic carbocycles. The number of hydrogen-bond acceptors (Lipinski definition) is 7. The lowest BCUT2D eigenvalue weighted by Gasteiger charge is -2.10. The molecule has 9 heteroatoms. The van der Waals surface area contributed by atoms with Crippen molar-refractivity contribution < 1.29 is 4.79 Å². The van der Waals surface area contributed by atoms with Gasteiger partial charge in [-0.15, -0.1) is 0 Å². The largest absolute Gasteiger partial charge is 0.373 e. The number of anilines is 3. The Hall–Kier alpha value is -3.26. The smallest absolute Gasteiger partial charge is 0.259 e. The molecular formula is C18H20ClN7O. The van der Waals surface area contributed by atoms with Crippen molar-refractivity contribution in [2.45, 2.75) is 13.8 Å². The number of carbonyl (C=O) groups excluding carboxylic acids is 1. The maximum absolute atomic E-state index is 12.5. The molecular weight excluding hydrogens is 366 g/mol. The average molecular weight is 386 g/mol. The number of rotatable bonds is 7. The number of carbonyl (C=O) groups is 1. The van der Waals surface area contributed by atoms with Gasteiger partial charge in [-0.1, -0.05) is 18.2 Å². The van der Waals surface area contributed by atoms with Gasteiger partial charge in [-0.3, -0.25) is 10.1 Å². The minimum absolute atomic E-state index is 0.181. The summed E-state index contributed by atoms with van der Waals surface area (Å²) in [4.78, 5) is 29.1. The standard InChI is InChI=1S/C18H20ClN7O/c1-5-13(24-18-23-11(2)9-15(20-4)25-18)10-14(12(3)19)16(27)26-17-21-7-6-8-22-17/h5-10H,1H2,2-4H3,(H2,20,23,24,25)(H,21,22,26,27)/b13-10+,14-12-. The van der Waals surface area contributed by atoms with E-state index >= 15 is 0 Å². The fourth-order valence-electron chi connectivity index (χ4n) is 2.04. The van der Waals surface area contributed by atoms with E-state index in [1.807, 2.05) is 13.0 Å². The highest BCUT2D eigenvalue weighted by Gasteiger charge is 2.13. The SMILES string of the molecule is C=C/C(=C\C(C(=O)Nc1ncccn1)=C(/C)Cl)Nc1nc(C)cc(NC)n1. The fraction of sp³-hybridized carbons (Fsp3) is 0.167. The number of amides is 1. The van der Waals surface area contributed by atoms with Crippen LogP contribution >= 0.6 is 11.6 Å². The number of halogens is 1. The van der Waals surface area contributed by atoms with Gasteiger partial charge in [-0.05, 0) is 32.1 Å². The van der Waals surface area contributed by atoms with Gasteiger partial charge in [0.15, 0.2) is 0 Å². The summed E-state index contributed by atoms with van der Waals surface area (Å²) in [5.41, 5.74) is 1.51. The molecule has 0 aromatic carbocycles. The van der Waals surface area contributed by atoms with Gasteiger partial charge in [-0.2, -0.15) is 4.98 Å². The molecule has 8 nitrogen and oxygen atoms in total. The van der Waals surface area contributed by atoms with Crippen molar-refractivity contribution in [3.8, 4) is 0 Å². The van der Waals surface area contributed by atoms with E-state index in [1.54, 1.807) is 26.1 Å². The van der Waals surface area contributed by atoms with Crippen LogP contribution in [-0.4, -0.2) is 32.9 Å². The Kier molecular flexibility index (Phi) is 7.01. The summed E-state index contributed by atoms with van der Waals surface area (Å²) >= 11 is 6.11. The van der Waals surface area contributed by atoms with Crippen LogP contribution in [-0.2, 0) is 4.79 Å². The molecule has 2 aromatic heterocycles. The molecule has 2 aromatic rings. The van der Waals surface area contributed by atoms with Gasteiger partial charge in [0.1, 0.15) is 5.82 Å². The predicted octanol–water partition coefficient (Wildman–Crippen LogP) is 3.25. The van der Waals surface area contributed by atoms with E-state index in [0.717, 1.165) is 5.69 Å². The van der Waals surface area contributed by atoms with Gasteiger partial charge in [0.2, 0.25) is 11.9 Å². The van der Waals surface area contributed by atoms with Crippen molar-refractivity contribution in [2.75, 3.05) is 23.0 Å². The van der Waals surface area contributed by atoms with Crippen molar-refractivity contribution in [2.24, 2.45) is 0 Å². The normalized spacial score (nSPS) is 12.1. The highest BCUT2D eigenvalue weighted by atomic mass is 35.5. The third kappa shape index (κ3) is 5.89. The first-order valence-corrected chi connectivity index (χ1v) is 8.40. The third-order valence-electron chi connectivity index (χ3n) is 3.29. The average Bonchev–Trinajstić information content (AvgIpc) is 2.64. The van der Waals surface area contributed by atoms with Crippen LogP contribution in [0.15, 0.2) is 59.6 Å². The molecule has 0 bridgehead atoms. The number of aryl methyl sites for hydroxylation is 1. The summed E-state index contributed by atoms with van der Waals surface area (Å²) in [5, 5.41) is 8.87. The summed E-state index contributed by atoms with van der Waals surface area (Å²) < 4.78 is 0. The van der Waals surface area contributed by atoms with Gasteiger partial charge in [0, 0.05) is 41.9 Å². The first kappa shape index (κ1) is 20.1. The molecule has 27 heavy (non-hydrogen) atoms. The summed E-state index contributed by atoms with van der Waals surface area (Å²) in [6, 6.07) is 3.46. The molecule has 0 radical (unpaired) electrons. The summed E-state index contributed by atoms with van der Waals surface area (Å²) in [7, 11) is 1.77. The zero-order valence-corrected chi connectivity index (χ0v) is 16.0. The second-order valence-corrected chi connectivity index (χ2v) is 5.94. The van der Waals surface area contributed by atoms with Crippen molar-refractivity contribution in [3.05, 3.63) is 65.3 Å². The number of nitrogens with zero attached hydrogens (tertiary/aromatic N) is 4. The molecule has 2 heterocycles. The van der Waals surface area contributed by atoms with E-state index in [9.17, 15) is 4.79 Å². The van der Waals surface area contributed by atoms with Crippen molar-refractivity contribution in [1.82, 2.24) is 19.9 Å². The molecule has 3 N–H and O–H groups in total. The van der Waals surface area contributed by atoms with Crippen molar-refractivity contribution in [1.29, 1.82) is 0 Å². The molecule has 0 saturated heterocycles. The van der Waals surface area contributed by atoms with Crippen LogP contribution in [0.4, 0.5) is 17.7 Å². The van der Waals surface area contributed by atoms with Gasteiger partial charge >= 0.3 is 0 Å². The Labute approximate surface area is 162 Å². The van der Waals surface area contributed by atoms with E-state index in [2.05, 4.69) is 42.5 Å². The Bertz CT molecular complexity index is 890. The van der Waals surface area contributed by atoms with E-state index in [1.165, 1.54) is 18.5 Å². The monoisotopic (exact) mass is 385 g/mol. The van der Waals surface area contributed by atoms with E-state index in [-0.39, 0.29) is 11.5 Å². The van der Waals surface area contributed by atoms with Crippen molar-refractivity contribution >= 4 is 35.2 Å². The van der Waals surface area contributed by atoms with E-state index in [0.29, 0.717) is 22.5 Å². The summed E-state index contributed by atoms with van der Waals surface area (Å²) in [6.07, 6.45) is 6.15. The molecule has 0 fully saturated rings. The molecule has 0 saturated carbocycles. The minimum Gasteiger partial charge on any atom is -0.373 e. The molecule has 2 rings (SSSR count). The molecule has 140 valence electrons. The van der Waals surface area contributed by atoms with Gasteiger partial charge in [-0.25, -0.2) is 15.0 Å². The highest BCUT2D eigenvalue weighted by molar-refractivity contribution is 6.32. The second kappa shape index (κ2) is 9.44. The first-order valence-electron chi connectivity index (χ1n) is 8.02. The van der Waals surface area contributed by atoms with Crippen LogP contribution in [0.3, 0.4) is 0 Å². The van der Waals surface area contributed by atoms with Gasteiger partial charge < -0.3 is 10.6 Å². The van der Waals surface area contributed by atoms with Crippen LogP contribution in [0.1, 0.15) is 12.6 Å². The number of hydrogen-bond donors (Lipinski definition) is 3. The zero-order valence-electron chi connectivity index (χ0n) is 15.2. The number of allylic oxidation sites excluding steroid dienone is 2. The molecule has 0 spiro atoms. The Morgan fingerprint density at radius 3 is 2.48 bits per heavy atom. The summed E-state index contributed by atoms with van der Waals surface area (Å²) in [6.45, 7) is 7.22. The quantitative estimate of drug-likeness (QED) is 0.496. The third-order valence-corrected chi connectivity index (χ3v) is 3.50. The first-order chi connectivity index (χ1) is 12.9. The van der Waals surface area contributed by atoms with Gasteiger partial charge in [0.05, 0.1) is 5.57 Å². The van der Waals surface area contributed by atoms with E-state index < -0.39 is 5.91 Å². The van der Waals surface area contributed by atoms with Crippen LogP contribution in [0.2, 0.25) is 0 Å². The lowest BCUT2D eigenvalue weighted by molar-refractivity contribution is -0.112. The number of nitrogens with one attached hydrogen (secondary N) is 3. The maximum Gasteiger partial charge on any atom is 0.259 e. The Morgan fingerprint density at radius 2 is 1.89 bits per heavy atom. The zero-order chi connectivity index (χ0) is 19.8. The van der Waals surface area contributed by atoms with Crippen LogP contribution in [0.5, 0.6) is 0 Å². The van der Waals surface area contributed by atoms with Crippen LogP contribution < -0.4 is 16.0 Å². The maximum atomic E-state index is 12.5. The highest BCUT2D eigenvalue weighted by Crippen LogP contribution is 2.17. The van der Waals surface area contributed by atoms with Gasteiger partial charge in [0.25, 0.3) is 5.91 Å². The fourth-order valence-corrected chi connectivity index (χ4v) is 2.18. The molecule has 0 unspecified atom stereocenters. The predicted molar refractivity (Wildman–Crippen MR) is 107 cm³/mol. The lowest BCUT2D eigenvalue weighted by Crippen LogP contribution is -2.17. The summed E-state index contributed by atoms with van der Waals surface area (Å²) in [5.74, 6) is 0.761. The molecule has 1 amide bonds. The minimum atomic E-state index is -0.448. The van der Waals surface area contributed by atoms with E-state index in [4.69, 9.17) is 11.6 Å². The second-order valence-electron chi connectivity index (χ2n) is 5.37. The topological polar surface area (TPSA) is 105 Å². The van der Waals surface area contributed by atoms with Crippen LogP contribution in [0.25, 0.3) is 0 Å². The lowest BCUT2D eigenvalue weighted by atomic mass is 10.2.